The number of nitrogens with zero attached hydrogens (tertiary/aromatic N) is 1. The smallest absolute Gasteiger partial charge is 0.311 e. The van der Waals surface area contributed by atoms with Crippen LogP contribution in [0.2, 0.25) is 5.02 Å². The molecule has 2 bridgehead atoms. The number of halogens is 2. The van der Waals surface area contributed by atoms with Crippen LogP contribution in [-0.2, 0) is 9.53 Å². The van der Waals surface area contributed by atoms with Crippen LogP contribution in [0.15, 0.2) is 24.3 Å². The second-order valence-electron chi connectivity index (χ2n) is 6.79. The quantitative estimate of drug-likeness (QED) is 0.782. The van der Waals surface area contributed by atoms with E-state index in [0.29, 0.717) is 11.1 Å². The summed E-state index contributed by atoms with van der Waals surface area (Å²) in [7, 11) is 2.08. The molecule has 5 atom stereocenters. The van der Waals surface area contributed by atoms with Gasteiger partial charge in [0.05, 0.1) is 5.92 Å². The zero-order valence-corrected chi connectivity index (χ0v) is 14.3. The Balaban J connectivity index is 1.89. The van der Waals surface area contributed by atoms with Gasteiger partial charge in [0, 0.05) is 23.0 Å². The maximum Gasteiger partial charge on any atom is 0.311 e. The van der Waals surface area contributed by atoms with Crippen molar-refractivity contribution in [3.05, 3.63) is 34.9 Å². The molecule has 0 saturated carbocycles. The van der Waals surface area contributed by atoms with E-state index in [1.807, 2.05) is 24.3 Å². The third-order valence-electron chi connectivity index (χ3n) is 5.37. The van der Waals surface area contributed by atoms with E-state index in [0.717, 1.165) is 24.8 Å². The van der Waals surface area contributed by atoms with Crippen LogP contribution in [0.25, 0.3) is 0 Å². The minimum atomic E-state index is -0.683. The second kappa shape index (κ2) is 6.78. The number of carbonyl (C=O) groups excluding carboxylic acids is 1. The summed E-state index contributed by atoms with van der Waals surface area (Å²) in [6.07, 6.45) is 2.35. The van der Waals surface area contributed by atoms with E-state index in [9.17, 15) is 9.18 Å². The Hall–Kier alpha value is -1.13. The van der Waals surface area contributed by atoms with E-state index < -0.39 is 12.8 Å². The second-order valence-corrected chi connectivity index (χ2v) is 7.22. The first-order valence-electron chi connectivity index (χ1n) is 8.25. The summed E-state index contributed by atoms with van der Waals surface area (Å²) in [6.45, 7) is 0.951. The van der Waals surface area contributed by atoms with Gasteiger partial charge in [-0.1, -0.05) is 23.7 Å². The Morgan fingerprint density at radius 3 is 2.74 bits per heavy atom. The highest BCUT2D eigenvalue weighted by atomic mass is 35.5. The maximum absolute atomic E-state index is 12.7. The van der Waals surface area contributed by atoms with Crippen molar-refractivity contribution in [3.63, 3.8) is 0 Å². The molecule has 3 nitrogen and oxygen atoms in total. The van der Waals surface area contributed by atoms with Crippen molar-refractivity contribution < 1.29 is 13.9 Å². The average molecular weight is 339 g/mol. The van der Waals surface area contributed by atoms with E-state index in [-0.39, 0.29) is 23.8 Å². The molecule has 2 saturated heterocycles. The fraction of sp³-hybridized carbons (Fsp3) is 0.611. The molecule has 126 valence electrons. The summed E-state index contributed by atoms with van der Waals surface area (Å²) in [5.74, 6) is -0.401. The molecule has 23 heavy (non-hydrogen) atoms. The highest BCUT2D eigenvalue weighted by Gasteiger charge is 2.49. The molecule has 2 heterocycles. The maximum atomic E-state index is 12.7. The third kappa shape index (κ3) is 3.24. The van der Waals surface area contributed by atoms with Crippen LogP contribution < -0.4 is 0 Å². The highest BCUT2D eigenvalue weighted by Crippen LogP contribution is 2.46. The Kier molecular flexibility index (Phi) is 4.93. The lowest BCUT2D eigenvalue weighted by Crippen LogP contribution is -2.49. The average Bonchev–Trinajstić information content (AvgIpc) is 2.78. The fourth-order valence-electron chi connectivity index (χ4n) is 4.15. The predicted molar refractivity (Wildman–Crippen MR) is 88.4 cm³/mol. The van der Waals surface area contributed by atoms with E-state index in [2.05, 4.69) is 11.9 Å². The Morgan fingerprint density at radius 2 is 2.09 bits per heavy atom. The van der Waals surface area contributed by atoms with Crippen molar-refractivity contribution in [2.24, 2.45) is 5.92 Å². The number of fused-ring (bicyclic) bond motifs is 2. The SMILES string of the molecule is C[C@H](C[18F])OC(=O)C1C(c2ccc(Cl)cc2)CC2CCC1N2C. The molecule has 0 radical (unpaired) electrons. The standard InChI is InChI=1S/C18H23ClFNO2/c1-11(10-20)23-18(22)17-15(12-3-5-13(19)6-4-12)9-14-7-8-16(17)21(14)2/h3-6,11,14-17H,7-10H2,1-2H3/t11-,14?,15?,16?,17?/m1/s1/i20-1. The highest BCUT2D eigenvalue weighted by molar-refractivity contribution is 6.30. The Labute approximate surface area is 141 Å². The van der Waals surface area contributed by atoms with Crippen molar-refractivity contribution in [2.75, 3.05) is 13.7 Å². The fourth-order valence-corrected chi connectivity index (χ4v) is 4.28. The van der Waals surface area contributed by atoms with Crippen LogP contribution >= 0.6 is 11.6 Å². The lowest BCUT2D eigenvalue weighted by Gasteiger charge is -2.42. The van der Waals surface area contributed by atoms with E-state index in [1.54, 1.807) is 6.92 Å². The van der Waals surface area contributed by atoms with Gasteiger partial charge in [0.1, 0.15) is 12.8 Å². The van der Waals surface area contributed by atoms with Crippen molar-refractivity contribution >= 4 is 17.6 Å². The summed E-state index contributed by atoms with van der Waals surface area (Å²) in [6, 6.07) is 8.40. The van der Waals surface area contributed by atoms with E-state index in [1.165, 1.54) is 0 Å². The summed E-state index contributed by atoms with van der Waals surface area (Å²) >= 11 is 5.99. The van der Waals surface area contributed by atoms with Crippen LogP contribution in [0, 0.1) is 5.92 Å². The van der Waals surface area contributed by atoms with Crippen LogP contribution in [0.4, 0.5) is 4.39 Å². The Bertz CT molecular complexity index is 565. The molecular weight excluding hydrogens is 316 g/mol. The zero-order valence-electron chi connectivity index (χ0n) is 13.5. The molecule has 4 unspecified atom stereocenters. The molecule has 1 aromatic rings. The molecule has 0 aromatic heterocycles. The third-order valence-corrected chi connectivity index (χ3v) is 5.63. The van der Waals surface area contributed by atoms with Crippen molar-refractivity contribution in [1.82, 2.24) is 4.90 Å². The monoisotopic (exact) mass is 338 g/mol. The van der Waals surface area contributed by atoms with E-state index >= 15 is 0 Å². The minimum absolute atomic E-state index is 0.111. The summed E-state index contributed by atoms with van der Waals surface area (Å²) < 4.78 is 18.1. The summed E-state index contributed by atoms with van der Waals surface area (Å²) in [5, 5.41) is 0.690. The van der Waals surface area contributed by atoms with Gasteiger partial charge in [-0.15, -0.1) is 0 Å². The van der Waals surface area contributed by atoms with Crippen LogP contribution in [0.1, 0.15) is 37.7 Å². The van der Waals surface area contributed by atoms with Crippen molar-refractivity contribution in [3.8, 4) is 0 Å². The van der Waals surface area contributed by atoms with Gasteiger partial charge in [0.25, 0.3) is 0 Å². The molecule has 2 fully saturated rings. The molecular formula is C18H23ClFNO2. The van der Waals surface area contributed by atoms with Crippen molar-refractivity contribution in [2.45, 2.75) is 50.3 Å². The van der Waals surface area contributed by atoms with Gasteiger partial charge in [-0.2, -0.15) is 0 Å². The number of ether oxygens (including phenoxy) is 1. The molecule has 2 aliphatic rings. The minimum Gasteiger partial charge on any atom is -0.460 e. The van der Waals surface area contributed by atoms with Crippen LogP contribution in [0.5, 0.6) is 0 Å². The van der Waals surface area contributed by atoms with Gasteiger partial charge < -0.3 is 4.74 Å². The largest absolute Gasteiger partial charge is 0.460 e. The molecule has 5 heteroatoms. The molecule has 1 aromatic carbocycles. The molecule has 2 aliphatic heterocycles. The first-order chi connectivity index (χ1) is 11.0. The number of rotatable bonds is 4. The first kappa shape index (κ1) is 16.7. The van der Waals surface area contributed by atoms with Gasteiger partial charge in [0.2, 0.25) is 0 Å². The number of hydrogen-bond acceptors (Lipinski definition) is 3. The van der Waals surface area contributed by atoms with Gasteiger partial charge in [-0.25, -0.2) is 4.39 Å². The van der Waals surface area contributed by atoms with Gasteiger partial charge >= 0.3 is 5.97 Å². The molecule has 0 N–H and O–H groups in total. The molecule has 3 rings (SSSR count). The predicted octanol–water partition coefficient (Wildman–Crippen LogP) is 3.81. The van der Waals surface area contributed by atoms with Crippen LogP contribution in [0.3, 0.4) is 0 Å². The normalized spacial score (nSPS) is 31.8. The molecule has 0 aliphatic carbocycles. The number of benzene rings is 1. The van der Waals surface area contributed by atoms with Gasteiger partial charge in [0.15, 0.2) is 0 Å². The number of piperidine rings is 1. The van der Waals surface area contributed by atoms with Crippen molar-refractivity contribution in [1.29, 1.82) is 0 Å². The summed E-state index contributed by atoms with van der Waals surface area (Å²) in [5.41, 5.74) is 1.12. The zero-order chi connectivity index (χ0) is 16.6. The topological polar surface area (TPSA) is 29.5 Å². The summed E-state index contributed by atoms with van der Waals surface area (Å²) in [4.78, 5) is 15.0. The number of esters is 1. The molecule has 0 amide bonds. The van der Waals surface area contributed by atoms with Gasteiger partial charge in [-0.3, -0.25) is 9.69 Å². The molecule has 0 spiro atoms. The lowest BCUT2D eigenvalue weighted by molar-refractivity contribution is -0.158. The number of alkyl halides is 1. The number of hydrogen-bond donors (Lipinski definition) is 0. The first-order valence-corrected chi connectivity index (χ1v) is 8.63. The van der Waals surface area contributed by atoms with E-state index in [4.69, 9.17) is 16.3 Å². The number of carbonyl (C=O) groups is 1. The van der Waals surface area contributed by atoms with Gasteiger partial charge in [-0.05, 0) is 50.9 Å². The Morgan fingerprint density at radius 1 is 1.39 bits per heavy atom. The van der Waals surface area contributed by atoms with Crippen LogP contribution in [-0.4, -0.2) is 42.8 Å². The lowest BCUT2D eigenvalue weighted by atomic mass is 9.76.